The molecule has 19 heavy (non-hydrogen) atoms. The average Bonchev–Trinajstić information content (AvgIpc) is 2.94. The lowest BCUT2D eigenvalue weighted by molar-refractivity contribution is 0.602. The lowest BCUT2D eigenvalue weighted by atomic mass is 10.2. The van der Waals surface area contributed by atoms with Gasteiger partial charge in [-0.05, 0) is 18.6 Å². The van der Waals surface area contributed by atoms with Gasteiger partial charge >= 0.3 is 0 Å². The van der Waals surface area contributed by atoms with Gasteiger partial charge in [0.05, 0.1) is 11.7 Å². The van der Waals surface area contributed by atoms with E-state index in [0.29, 0.717) is 16.4 Å². The molecule has 0 unspecified atom stereocenters. The second kappa shape index (κ2) is 4.70. The van der Waals surface area contributed by atoms with Gasteiger partial charge in [-0.1, -0.05) is 30.7 Å². The molecule has 1 aromatic carbocycles. The van der Waals surface area contributed by atoms with Crippen LogP contribution in [0.4, 0.5) is 4.39 Å². The Balaban J connectivity index is 2.19. The molecule has 3 nitrogen and oxygen atoms in total. The molecular formula is C14H13ClFN3. The van der Waals surface area contributed by atoms with E-state index in [1.165, 1.54) is 6.07 Å². The molecule has 2 heterocycles. The van der Waals surface area contributed by atoms with Crippen LogP contribution in [-0.2, 0) is 6.54 Å². The first-order valence-electron chi connectivity index (χ1n) is 6.19. The summed E-state index contributed by atoms with van der Waals surface area (Å²) >= 11 is 6.15. The molecule has 98 valence electrons. The van der Waals surface area contributed by atoms with Gasteiger partial charge in [-0.25, -0.2) is 4.39 Å². The Morgan fingerprint density at radius 3 is 2.95 bits per heavy atom. The molecule has 0 fully saturated rings. The van der Waals surface area contributed by atoms with Crippen molar-refractivity contribution in [3.8, 4) is 5.69 Å². The maximum absolute atomic E-state index is 14.0. The zero-order chi connectivity index (χ0) is 13.4. The zero-order valence-electron chi connectivity index (χ0n) is 10.5. The molecular weight excluding hydrogens is 265 g/mol. The van der Waals surface area contributed by atoms with Gasteiger partial charge in [-0.15, -0.1) is 0 Å². The van der Waals surface area contributed by atoms with Crippen molar-refractivity contribution in [3.63, 3.8) is 0 Å². The van der Waals surface area contributed by atoms with Gasteiger partial charge in [0.15, 0.2) is 5.15 Å². The number of nitrogens with zero attached hydrogens (tertiary/aromatic N) is 3. The molecule has 0 amide bonds. The van der Waals surface area contributed by atoms with E-state index in [9.17, 15) is 4.39 Å². The molecule has 0 atom stereocenters. The summed E-state index contributed by atoms with van der Waals surface area (Å²) in [4.78, 5) is 0. The van der Waals surface area contributed by atoms with Crippen LogP contribution in [0.5, 0.6) is 0 Å². The Morgan fingerprint density at radius 2 is 2.16 bits per heavy atom. The summed E-state index contributed by atoms with van der Waals surface area (Å²) in [6.07, 6.45) is 4.63. The van der Waals surface area contributed by atoms with Gasteiger partial charge in [0, 0.05) is 18.1 Å². The van der Waals surface area contributed by atoms with Gasteiger partial charge in [0.1, 0.15) is 11.5 Å². The van der Waals surface area contributed by atoms with Crippen LogP contribution in [0.25, 0.3) is 16.6 Å². The van der Waals surface area contributed by atoms with Gasteiger partial charge in [-0.3, -0.25) is 4.68 Å². The van der Waals surface area contributed by atoms with E-state index < -0.39 is 0 Å². The van der Waals surface area contributed by atoms with Crippen molar-refractivity contribution >= 4 is 22.5 Å². The van der Waals surface area contributed by atoms with Crippen LogP contribution in [0.1, 0.15) is 13.3 Å². The highest BCUT2D eigenvalue weighted by molar-refractivity contribution is 6.31. The molecule has 0 N–H and O–H groups in total. The van der Waals surface area contributed by atoms with Crippen molar-refractivity contribution in [1.29, 1.82) is 0 Å². The predicted octanol–water partition coefficient (Wildman–Crippen LogP) is 4.03. The van der Waals surface area contributed by atoms with E-state index in [1.54, 1.807) is 15.3 Å². The monoisotopic (exact) mass is 277 g/mol. The van der Waals surface area contributed by atoms with Gasteiger partial charge in [-0.2, -0.15) is 5.10 Å². The van der Waals surface area contributed by atoms with Crippen LogP contribution < -0.4 is 0 Å². The van der Waals surface area contributed by atoms with Crippen LogP contribution >= 0.6 is 11.6 Å². The summed E-state index contributed by atoms with van der Waals surface area (Å²) in [5, 5.41) is 5.46. The van der Waals surface area contributed by atoms with Crippen molar-refractivity contribution < 1.29 is 4.39 Å². The quantitative estimate of drug-likeness (QED) is 0.709. The van der Waals surface area contributed by atoms with E-state index in [2.05, 4.69) is 12.0 Å². The van der Waals surface area contributed by atoms with Crippen molar-refractivity contribution in [2.45, 2.75) is 19.9 Å². The third kappa shape index (κ3) is 2.02. The van der Waals surface area contributed by atoms with Crippen molar-refractivity contribution in [3.05, 3.63) is 47.6 Å². The fourth-order valence-electron chi connectivity index (χ4n) is 2.24. The molecule has 3 aromatic rings. The molecule has 2 aromatic heterocycles. The number of rotatable bonds is 3. The Labute approximate surface area is 115 Å². The second-order valence-corrected chi connectivity index (χ2v) is 4.79. The van der Waals surface area contributed by atoms with E-state index in [4.69, 9.17) is 11.6 Å². The third-order valence-electron chi connectivity index (χ3n) is 3.07. The number of hydrogen-bond donors (Lipinski definition) is 0. The van der Waals surface area contributed by atoms with Crippen LogP contribution in [-0.4, -0.2) is 14.3 Å². The normalized spacial score (nSPS) is 11.3. The summed E-state index contributed by atoms with van der Waals surface area (Å²) in [5.74, 6) is -0.262. The Morgan fingerprint density at radius 1 is 1.32 bits per heavy atom. The molecule has 3 rings (SSSR count). The molecule has 0 saturated heterocycles. The number of aryl methyl sites for hydroxylation is 1. The van der Waals surface area contributed by atoms with Gasteiger partial charge in [0.25, 0.3) is 0 Å². The molecule has 0 bridgehead atoms. The molecule has 0 spiro atoms. The first kappa shape index (κ1) is 12.2. The summed E-state index contributed by atoms with van der Waals surface area (Å²) in [6, 6.07) is 6.89. The first-order chi connectivity index (χ1) is 9.20. The average molecular weight is 278 g/mol. The number of aromatic nitrogens is 3. The lowest BCUT2D eigenvalue weighted by Crippen LogP contribution is -1.96. The minimum absolute atomic E-state index is 0.262. The Hall–Kier alpha value is -1.81. The number of halogens is 2. The van der Waals surface area contributed by atoms with Crippen LogP contribution in [0, 0.1) is 5.82 Å². The van der Waals surface area contributed by atoms with Crippen molar-refractivity contribution in [2.75, 3.05) is 0 Å². The molecule has 5 heteroatoms. The molecule has 0 aliphatic carbocycles. The summed E-state index contributed by atoms with van der Waals surface area (Å²) in [5.41, 5.74) is 1.23. The SMILES string of the molecule is CCCn1cc(-n2ccc3cccc(F)c32)c(Cl)n1. The highest BCUT2D eigenvalue weighted by atomic mass is 35.5. The second-order valence-electron chi connectivity index (χ2n) is 4.43. The van der Waals surface area contributed by atoms with Gasteiger partial charge < -0.3 is 4.57 Å². The summed E-state index contributed by atoms with van der Waals surface area (Å²) in [6.45, 7) is 2.86. The summed E-state index contributed by atoms with van der Waals surface area (Å²) in [7, 11) is 0. The minimum Gasteiger partial charge on any atom is -0.310 e. The lowest BCUT2D eigenvalue weighted by Gasteiger charge is -2.03. The van der Waals surface area contributed by atoms with E-state index in [0.717, 1.165) is 18.4 Å². The zero-order valence-corrected chi connectivity index (χ0v) is 11.2. The van der Waals surface area contributed by atoms with E-state index in [-0.39, 0.29) is 5.82 Å². The molecule has 0 saturated carbocycles. The van der Waals surface area contributed by atoms with Gasteiger partial charge in [0.2, 0.25) is 0 Å². The summed E-state index contributed by atoms with van der Waals surface area (Å²) < 4.78 is 17.5. The maximum atomic E-state index is 14.0. The minimum atomic E-state index is -0.262. The van der Waals surface area contributed by atoms with Crippen molar-refractivity contribution in [1.82, 2.24) is 14.3 Å². The number of benzene rings is 1. The van der Waals surface area contributed by atoms with Crippen LogP contribution in [0.3, 0.4) is 0 Å². The molecule has 0 aliphatic heterocycles. The fourth-order valence-corrected chi connectivity index (χ4v) is 2.48. The predicted molar refractivity (Wildman–Crippen MR) is 74.3 cm³/mol. The highest BCUT2D eigenvalue weighted by Gasteiger charge is 2.13. The maximum Gasteiger partial charge on any atom is 0.175 e. The van der Waals surface area contributed by atoms with Crippen LogP contribution in [0.15, 0.2) is 36.7 Å². The first-order valence-corrected chi connectivity index (χ1v) is 6.57. The van der Waals surface area contributed by atoms with Crippen molar-refractivity contribution in [2.24, 2.45) is 0 Å². The standard InChI is InChI=1S/C14H13ClFN3/c1-2-7-18-9-12(14(15)17-18)19-8-6-10-4-3-5-11(16)13(10)19/h3-6,8-9H,2,7H2,1H3. The molecule has 0 radical (unpaired) electrons. The molecule has 0 aliphatic rings. The number of para-hydroxylation sites is 1. The Kier molecular flexibility index (Phi) is 3.03. The largest absolute Gasteiger partial charge is 0.310 e. The number of hydrogen-bond acceptors (Lipinski definition) is 1. The fraction of sp³-hybridized carbons (Fsp3) is 0.214. The topological polar surface area (TPSA) is 22.8 Å². The highest BCUT2D eigenvalue weighted by Crippen LogP contribution is 2.26. The smallest absolute Gasteiger partial charge is 0.175 e. The van der Waals surface area contributed by atoms with E-state index in [1.807, 2.05) is 24.5 Å². The van der Waals surface area contributed by atoms with Crippen LogP contribution in [0.2, 0.25) is 5.15 Å². The third-order valence-corrected chi connectivity index (χ3v) is 3.34. The van der Waals surface area contributed by atoms with E-state index >= 15 is 0 Å². The Bertz CT molecular complexity index is 729. The number of fused-ring (bicyclic) bond motifs is 1.